The highest BCUT2D eigenvalue weighted by molar-refractivity contribution is 6.30. The number of halogens is 1. The van der Waals surface area contributed by atoms with Gasteiger partial charge in [-0.25, -0.2) is 0 Å². The maximum atomic E-state index is 11.2. The summed E-state index contributed by atoms with van der Waals surface area (Å²) in [5.74, 6) is 1.07. The molecule has 0 spiro atoms. The zero-order valence-corrected chi connectivity index (χ0v) is 10.9. The van der Waals surface area contributed by atoms with Crippen LogP contribution in [0.25, 0.3) is 0 Å². The predicted octanol–water partition coefficient (Wildman–Crippen LogP) is 3.54. The smallest absolute Gasteiger partial charge is 0.132 e. The van der Waals surface area contributed by atoms with E-state index in [1.54, 1.807) is 0 Å². The van der Waals surface area contributed by atoms with E-state index in [0.717, 1.165) is 37.3 Å². The van der Waals surface area contributed by atoms with E-state index >= 15 is 0 Å². The summed E-state index contributed by atoms with van der Waals surface area (Å²) in [6.07, 6.45) is 3.60. The summed E-state index contributed by atoms with van der Waals surface area (Å²) in [4.78, 5) is 13.4. The van der Waals surface area contributed by atoms with Gasteiger partial charge in [0.05, 0.1) is 0 Å². The predicted molar refractivity (Wildman–Crippen MR) is 71.7 cm³/mol. The number of Topliss-reactive ketones (excluding diaryl/α,β-unsaturated/α-hetero) is 1. The van der Waals surface area contributed by atoms with Crippen molar-refractivity contribution in [2.45, 2.75) is 25.7 Å². The fraction of sp³-hybridized carbons (Fsp3) is 0.500. The number of ketones is 1. The molecule has 1 saturated carbocycles. The second-order valence-corrected chi connectivity index (χ2v) is 5.28. The van der Waals surface area contributed by atoms with Crippen LogP contribution in [0.4, 0.5) is 5.69 Å². The summed E-state index contributed by atoms with van der Waals surface area (Å²) >= 11 is 5.87. The van der Waals surface area contributed by atoms with Crippen LogP contribution in [0.2, 0.25) is 5.02 Å². The molecule has 92 valence electrons. The van der Waals surface area contributed by atoms with E-state index in [2.05, 4.69) is 11.9 Å². The average Bonchev–Trinajstić information content (AvgIpc) is 2.33. The van der Waals surface area contributed by atoms with Crippen LogP contribution < -0.4 is 4.90 Å². The Labute approximate surface area is 108 Å². The van der Waals surface area contributed by atoms with E-state index in [9.17, 15) is 4.79 Å². The second-order valence-electron chi connectivity index (χ2n) is 4.84. The van der Waals surface area contributed by atoms with E-state index in [4.69, 9.17) is 11.6 Å². The molecule has 0 unspecified atom stereocenters. The van der Waals surface area contributed by atoms with E-state index in [1.807, 2.05) is 24.3 Å². The first kappa shape index (κ1) is 12.4. The van der Waals surface area contributed by atoms with Crippen molar-refractivity contribution in [3.05, 3.63) is 29.3 Å². The van der Waals surface area contributed by atoms with Crippen molar-refractivity contribution >= 4 is 23.1 Å². The van der Waals surface area contributed by atoms with Crippen LogP contribution in [0.5, 0.6) is 0 Å². The first-order chi connectivity index (χ1) is 8.15. The van der Waals surface area contributed by atoms with Gasteiger partial charge in [0.1, 0.15) is 5.78 Å². The molecule has 0 saturated heterocycles. The molecule has 0 heterocycles. The Balaban J connectivity index is 1.90. The lowest BCUT2D eigenvalue weighted by molar-refractivity contribution is -0.120. The van der Waals surface area contributed by atoms with Gasteiger partial charge >= 0.3 is 0 Å². The molecule has 2 rings (SSSR count). The quantitative estimate of drug-likeness (QED) is 0.819. The van der Waals surface area contributed by atoms with Crippen LogP contribution in [0, 0.1) is 5.92 Å². The Hall–Kier alpha value is -1.02. The van der Waals surface area contributed by atoms with Gasteiger partial charge in [-0.3, -0.25) is 4.79 Å². The fourth-order valence-corrected chi connectivity index (χ4v) is 2.50. The van der Waals surface area contributed by atoms with E-state index < -0.39 is 0 Å². The zero-order chi connectivity index (χ0) is 12.3. The standard InChI is InChI=1S/C14H18ClNO/c1-16(13-6-4-12(15)5-7-13)10-11-2-8-14(17)9-3-11/h4-7,11H,2-3,8-10H2,1H3. The van der Waals surface area contributed by atoms with Gasteiger partial charge in [0.2, 0.25) is 0 Å². The molecule has 3 heteroatoms. The molecular formula is C14H18ClNO. The third kappa shape index (κ3) is 3.47. The number of benzene rings is 1. The first-order valence-electron chi connectivity index (χ1n) is 6.13. The molecule has 0 atom stereocenters. The van der Waals surface area contributed by atoms with Crippen LogP contribution in [0.15, 0.2) is 24.3 Å². The summed E-state index contributed by atoms with van der Waals surface area (Å²) in [5, 5.41) is 0.769. The number of hydrogen-bond acceptors (Lipinski definition) is 2. The highest BCUT2D eigenvalue weighted by atomic mass is 35.5. The first-order valence-corrected chi connectivity index (χ1v) is 6.51. The lowest BCUT2D eigenvalue weighted by Crippen LogP contribution is -2.28. The maximum Gasteiger partial charge on any atom is 0.132 e. The van der Waals surface area contributed by atoms with Gasteiger partial charge < -0.3 is 4.90 Å². The molecule has 17 heavy (non-hydrogen) atoms. The summed E-state index contributed by atoms with van der Waals surface area (Å²) in [5.41, 5.74) is 1.19. The molecule has 1 aromatic carbocycles. The molecule has 0 bridgehead atoms. The van der Waals surface area contributed by atoms with E-state index in [0.29, 0.717) is 11.7 Å². The molecule has 0 radical (unpaired) electrons. The molecule has 1 aromatic rings. The Bertz CT molecular complexity index is 378. The van der Waals surface area contributed by atoms with Crippen molar-refractivity contribution in [1.29, 1.82) is 0 Å². The number of carbonyl (C=O) groups is 1. The van der Waals surface area contributed by atoms with Crippen molar-refractivity contribution in [3.8, 4) is 0 Å². The average molecular weight is 252 g/mol. The highest BCUT2D eigenvalue weighted by Gasteiger charge is 2.19. The van der Waals surface area contributed by atoms with Crippen molar-refractivity contribution in [1.82, 2.24) is 0 Å². The van der Waals surface area contributed by atoms with Crippen LogP contribution in [-0.4, -0.2) is 19.4 Å². The molecule has 0 aliphatic heterocycles. The molecule has 2 nitrogen and oxygen atoms in total. The van der Waals surface area contributed by atoms with Gasteiger partial charge in [0, 0.05) is 37.1 Å². The highest BCUT2D eigenvalue weighted by Crippen LogP contribution is 2.24. The molecule has 1 fully saturated rings. The summed E-state index contributed by atoms with van der Waals surface area (Å²) in [6.45, 7) is 1.02. The summed E-state index contributed by atoms with van der Waals surface area (Å²) in [7, 11) is 2.10. The van der Waals surface area contributed by atoms with Gasteiger partial charge in [0.15, 0.2) is 0 Å². The van der Waals surface area contributed by atoms with Crippen LogP contribution in [-0.2, 0) is 4.79 Å². The van der Waals surface area contributed by atoms with Gasteiger partial charge in [-0.2, -0.15) is 0 Å². The van der Waals surface area contributed by atoms with Gasteiger partial charge in [-0.15, -0.1) is 0 Å². The summed E-state index contributed by atoms with van der Waals surface area (Å²) < 4.78 is 0. The number of anilines is 1. The normalized spacial score (nSPS) is 17.2. The molecule has 0 N–H and O–H groups in total. The monoisotopic (exact) mass is 251 g/mol. The lowest BCUT2D eigenvalue weighted by atomic mass is 9.88. The van der Waals surface area contributed by atoms with Gasteiger partial charge in [-0.1, -0.05) is 11.6 Å². The molecule has 1 aliphatic carbocycles. The minimum Gasteiger partial charge on any atom is -0.374 e. The van der Waals surface area contributed by atoms with Gasteiger partial charge in [0.25, 0.3) is 0 Å². The lowest BCUT2D eigenvalue weighted by Gasteiger charge is -2.28. The Morgan fingerprint density at radius 1 is 1.24 bits per heavy atom. The summed E-state index contributed by atoms with van der Waals surface area (Å²) in [6, 6.07) is 7.90. The molecule has 0 amide bonds. The van der Waals surface area contributed by atoms with Crippen LogP contribution in [0.3, 0.4) is 0 Å². The van der Waals surface area contributed by atoms with Crippen molar-refractivity contribution in [3.63, 3.8) is 0 Å². The van der Waals surface area contributed by atoms with Crippen LogP contribution >= 0.6 is 11.6 Å². The molecule has 1 aliphatic rings. The maximum absolute atomic E-state index is 11.2. The van der Waals surface area contributed by atoms with Gasteiger partial charge in [-0.05, 0) is 43.0 Å². The third-order valence-corrected chi connectivity index (χ3v) is 3.71. The molecular weight excluding hydrogens is 234 g/mol. The SMILES string of the molecule is CN(CC1CCC(=O)CC1)c1ccc(Cl)cc1. The number of hydrogen-bond donors (Lipinski definition) is 0. The van der Waals surface area contributed by atoms with Crippen molar-refractivity contribution < 1.29 is 4.79 Å². The molecule has 0 aromatic heterocycles. The third-order valence-electron chi connectivity index (χ3n) is 3.46. The topological polar surface area (TPSA) is 20.3 Å². The minimum atomic E-state index is 0.426. The number of carbonyl (C=O) groups excluding carboxylic acids is 1. The zero-order valence-electron chi connectivity index (χ0n) is 10.2. The second kappa shape index (κ2) is 5.54. The van der Waals surface area contributed by atoms with Crippen LogP contribution in [0.1, 0.15) is 25.7 Å². The number of nitrogens with zero attached hydrogens (tertiary/aromatic N) is 1. The Kier molecular flexibility index (Phi) is 4.06. The fourth-order valence-electron chi connectivity index (χ4n) is 2.37. The Morgan fingerprint density at radius 2 is 1.82 bits per heavy atom. The minimum absolute atomic E-state index is 0.426. The van der Waals surface area contributed by atoms with E-state index in [-0.39, 0.29) is 0 Å². The van der Waals surface area contributed by atoms with Crippen molar-refractivity contribution in [2.75, 3.05) is 18.5 Å². The largest absolute Gasteiger partial charge is 0.374 e. The Morgan fingerprint density at radius 3 is 2.41 bits per heavy atom. The van der Waals surface area contributed by atoms with E-state index in [1.165, 1.54) is 5.69 Å². The van der Waals surface area contributed by atoms with Crippen molar-refractivity contribution in [2.24, 2.45) is 5.92 Å². The number of rotatable bonds is 3.